The van der Waals surface area contributed by atoms with Crippen LogP contribution in [0, 0.1) is 0 Å². The van der Waals surface area contributed by atoms with Crippen molar-refractivity contribution < 1.29 is 14.6 Å². The Bertz CT molecular complexity index is 1110. The van der Waals surface area contributed by atoms with Crippen LogP contribution in [0.2, 0.25) is 0 Å². The topological polar surface area (TPSA) is 86.4 Å². The van der Waals surface area contributed by atoms with Crippen LogP contribution in [0.5, 0.6) is 5.75 Å². The van der Waals surface area contributed by atoms with Crippen LogP contribution >= 0.6 is 0 Å². The van der Waals surface area contributed by atoms with Gasteiger partial charge in [-0.05, 0) is 42.0 Å². The fourth-order valence-electron chi connectivity index (χ4n) is 3.20. The normalized spacial score (nSPS) is 10.6. The Morgan fingerprint density at radius 2 is 1.68 bits per heavy atom. The first kappa shape index (κ1) is 25.0. The number of hydrogen-bond donors (Lipinski definition) is 4. The highest BCUT2D eigenvalue weighted by Gasteiger charge is 2.09. The standard InChI is InChI=1S/C18H18N2O3.C10H15N/c21-10-3-11-23-15-8-6-14(7-9-15)19-18(22)17-12-13-4-1-2-5-16(13)20-17;1-9(2)11-8-10-6-4-3-5-7-10/h1-2,4-9,12,20-21H,3,10-11H2,(H,19,22);3-7,9,11H,8H2,1-2H3. The largest absolute Gasteiger partial charge is 0.494 e. The van der Waals surface area contributed by atoms with Gasteiger partial charge in [-0.3, -0.25) is 4.79 Å². The molecule has 0 atom stereocenters. The molecule has 6 nitrogen and oxygen atoms in total. The number of carbonyl (C=O) groups is 1. The summed E-state index contributed by atoms with van der Waals surface area (Å²) in [4.78, 5) is 15.4. The van der Waals surface area contributed by atoms with Gasteiger partial charge in [-0.25, -0.2) is 0 Å². The molecule has 0 saturated heterocycles. The molecule has 1 aromatic heterocycles. The summed E-state index contributed by atoms with van der Waals surface area (Å²) in [6.45, 7) is 5.86. The fourth-order valence-corrected chi connectivity index (χ4v) is 3.20. The summed E-state index contributed by atoms with van der Waals surface area (Å²) in [7, 11) is 0. The summed E-state index contributed by atoms with van der Waals surface area (Å²) in [5, 5.41) is 15.9. The van der Waals surface area contributed by atoms with E-state index in [-0.39, 0.29) is 12.5 Å². The van der Waals surface area contributed by atoms with Crippen molar-refractivity contribution in [3.63, 3.8) is 0 Å². The van der Waals surface area contributed by atoms with E-state index >= 15 is 0 Å². The van der Waals surface area contributed by atoms with E-state index in [1.54, 1.807) is 24.3 Å². The Labute approximate surface area is 201 Å². The van der Waals surface area contributed by atoms with E-state index in [2.05, 4.69) is 53.7 Å². The minimum Gasteiger partial charge on any atom is -0.494 e. The van der Waals surface area contributed by atoms with Crippen molar-refractivity contribution in [1.29, 1.82) is 0 Å². The number of aromatic nitrogens is 1. The van der Waals surface area contributed by atoms with Crippen LogP contribution in [0.15, 0.2) is 84.9 Å². The lowest BCUT2D eigenvalue weighted by Gasteiger charge is -2.07. The first-order valence-electron chi connectivity index (χ1n) is 11.6. The molecule has 0 unspecified atom stereocenters. The van der Waals surface area contributed by atoms with Gasteiger partial charge in [0.15, 0.2) is 0 Å². The van der Waals surface area contributed by atoms with Crippen LogP contribution < -0.4 is 15.4 Å². The van der Waals surface area contributed by atoms with Gasteiger partial charge in [0.2, 0.25) is 0 Å². The van der Waals surface area contributed by atoms with Gasteiger partial charge in [0, 0.05) is 42.2 Å². The van der Waals surface area contributed by atoms with E-state index < -0.39 is 0 Å². The van der Waals surface area contributed by atoms with Crippen molar-refractivity contribution in [2.24, 2.45) is 0 Å². The number of fused-ring (bicyclic) bond motifs is 1. The zero-order chi connectivity index (χ0) is 24.2. The van der Waals surface area contributed by atoms with Gasteiger partial charge in [-0.1, -0.05) is 62.4 Å². The molecular weight excluding hydrogens is 426 g/mol. The SMILES string of the molecule is CC(C)NCc1ccccc1.O=C(Nc1ccc(OCCCO)cc1)c1cc2ccccc2[nH]1. The second-order valence-corrected chi connectivity index (χ2v) is 8.20. The molecule has 0 aliphatic rings. The molecule has 34 heavy (non-hydrogen) atoms. The maximum Gasteiger partial charge on any atom is 0.272 e. The van der Waals surface area contributed by atoms with Crippen LogP contribution in [0.3, 0.4) is 0 Å². The summed E-state index contributed by atoms with van der Waals surface area (Å²) in [5.74, 6) is 0.525. The maximum atomic E-state index is 12.3. The predicted octanol–water partition coefficient (Wildman–Crippen LogP) is 5.37. The molecule has 0 saturated carbocycles. The molecule has 0 spiro atoms. The molecule has 0 radical (unpaired) electrons. The van der Waals surface area contributed by atoms with Gasteiger partial charge < -0.3 is 25.5 Å². The molecule has 1 heterocycles. The van der Waals surface area contributed by atoms with Crippen molar-refractivity contribution in [1.82, 2.24) is 10.3 Å². The molecule has 4 rings (SSSR count). The molecule has 0 fully saturated rings. The van der Waals surface area contributed by atoms with Crippen LogP contribution in [0.25, 0.3) is 10.9 Å². The number of ether oxygens (including phenoxy) is 1. The molecule has 0 aliphatic carbocycles. The highest BCUT2D eigenvalue weighted by Crippen LogP contribution is 2.18. The van der Waals surface area contributed by atoms with Crippen molar-refractivity contribution in [3.05, 3.63) is 96.2 Å². The molecule has 1 amide bonds. The zero-order valence-corrected chi connectivity index (χ0v) is 19.8. The van der Waals surface area contributed by atoms with E-state index in [4.69, 9.17) is 9.84 Å². The smallest absolute Gasteiger partial charge is 0.272 e. The number of aliphatic hydroxyl groups excluding tert-OH is 1. The second-order valence-electron chi connectivity index (χ2n) is 8.20. The first-order valence-corrected chi connectivity index (χ1v) is 11.6. The summed E-state index contributed by atoms with van der Waals surface area (Å²) in [6, 6.07) is 27.8. The van der Waals surface area contributed by atoms with E-state index in [1.807, 2.05) is 36.4 Å². The molecule has 3 aromatic carbocycles. The average molecular weight is 460 g/mol. The van der Waals surface area contributed by atoms with Gasteiger partial charge in [0.25, 0.3) is 5.91 Å². The quantitative estimate of drug-likeness (QED) is 0.254. The lowest BCUT2D eigenvalue weighted by Crippen LogP contribution is -2.21. The molecule has 4 N–H and O–H groups in total. The molecule has 0 aliphatic heterocycles. The predicted molar refractivity (Wildman–Crippen MR) is 138 cm³/mol. The Hall–Kier alpha value is -3.61. The highest BCUT2D eigenvalue weighted by molar-refractivity contribution is 6.05. The maximum absolute atomic E-state index is 12.3. The fraction of sp³-hybridized carbons (Fsp3) is 0.250. The monoisotopic (exact) mass is 459 g/mol. The number of rotatable bonds is 9. The lowest BCUT2D eigenvalue weighted by molar-refractivity contribution is 0.102. The number of H-pyrrole nitrogens is 1. The number of benzene rings is 3. The summed E-state index contributed by atoms with van der Waals surface area (Å²) >= 11 is 0. The minimum atomic E-state index is -0.185. The Balaban J connectivity index is 0.000000248. The number of anilines is 1. The third kappa shape index (κ3) is 8.06. The van der Waals surface area contributed by atoms with Gasteiger partial charge >= 0.3 is 0 Å². The van der Waals surface area contributed by atoms with Crippen molar-refractivity contribution >= 4 is 22.5 Å². The Kier molecular flexibility index (Phi) is 9.70. The van der Waals surface area contributed by atoms with Crippen molar-refractivity contribution in [3.8, 4) is 5.75 Å². The van der Waals surface area contributed by atoms with E-state index in [1.165, 1.54) is 5.56 Å². The van der Waals surface area contributed by atoms with E-state index in [0.29, 0.717) is 36.2 Å². The zero-order valence-electron chi connectivity index (χ0n) is 19.8. The second kappa shape index (κ2) is 13.2. The summed E-state index contributed by atoms with van der Waals surface area (Å²) < 4.78 is 5.45. The molecule has 0 bridgehead atoms. The number of para-hydroxylation sites is 1. The van der Waals surface area contributed by atoms with E-state index in [9.17, 15) is 4.79 Å². The molecular formula is C28H33N3O3. The number of aromatic amines is 1. The number of amides is 1. The molecule has 4 aromatic rings. The highest BCUT2D eigenvalue weighted by atomic mass is 16.5. The van der Waals surface area contributed by atoms with Gasteiger partial charge in [0.1, 0.15) is 11.4 Å². The Morgan fingerprint density at radius 1 is 0.971 bits per heavy atom. The summed E-state index contributed by atoms with van der Waals surface area (Å²) in [5.41, 5.74) is 3.50. The van der Waals surface area contributed by atoms with Crippen LogP contribution in [0.1, 0.15) is 36.3 Å². The Morgan fingerprint density at radius 3 is 2.35 bits per heavy atom. The third-order valence-corrected chi connectivity index (χ3v) is 5.02. The van der Waals surface area contributed by atoms with E-state index in [0.717, 1.165) is 17.4 Å². The summed E-state index contributed by atoms with van der Waals surface area (Å²) in [6.07, 6.45) is 0.596. The van der Waals surface area contributed by atoms with Crippen LogP contribution in [-0.4, -0.2) is 35.3 Å². The van der Waals surface area contributed by atoms with Crippen molar-refractivity contribution in [2.75, 3.05) is 18.5 Å². The van der Waals surface area contributed by atoms with Crippen LogP contribution in [0.4, 0.5) is 5.69 Å². The van der Waals surface area contributed by atoms with Gasteiger partial charge in [0.05, 0.1) is 6.61 Å². The molecule has 6 heteroatoms. The van der Waals surface area contributed by atoms with Gasteiger partial charge in [-0.2, -0.15) is 0 Å². The average Bonchev–Trinajstić information content (AvgIpc) is 3.30. The third-order valence-electron chi connectivity index (χ3n) is 5.02. The number of nitrogens with one attached hydrogen (secondary N) is 3. The minimum absolute atomic E-state index is 0.110. The van der Waals surface area contributed by atoms with Gasteiger partial charge in [-0.15, -0.1) is 0 Å². The van der Waals surface area contributed by atoms with Crippen molar-refractivity contribution in [2.45, 2.75) is 32.9 Å². The van der Waals surface area contributed by atoms with Crippen LogP contribution in [-0.2, 0) is 6.54 Å². The first-order chi connectivity index (χ1) is 16.5. The number of hydrogen-bond acceptors (Lipinski definition) is 4. The number of carbonyl (C=O) groups excluding carboxylic acids is 1. The number of aliphatic hydroxyl groups is 1. The molecule has 178 valence electrons. The lowest BCUT2D eigenvalue weighted by atomic mass is 10.2.